The number of hydrogen-bond donors (Lipinski definition) is 2. The fourth-order valence-corrected chi connectivity index (χ4v) is 5.11. The number of aromatic nitrogens is 1. The Labute approximate surface area is 125 Å². The molecule has 1 aliphatic rings. The Morgan fingerprint density at radius 3 is 2.43 bits per heavy atom. The molecule has 2 N–H and O–H groups in total. The van der Waals surface area contributed by atoms with Gasteiger partial charge in [-0.15, -0.1) is 0 Å². The molecule has 0 unspecified atom stereocenters. The Hall–Kier alpha value is -1.34. The van der Waals surface area contributed by atoms with Crippen molar-refractivity contribution in [3.05, 3.63) is 17.0 Å². The number of carbonyl (C=O) groups is 1. The summed E-state index contributed by atoms with van der Waals surface area (Å²) in [4.78, 5) is 13.9. The zero-order valence-electron chi connectivity index (χ0n) is 12.9. The largest absolute Gasteiger partial charge is 0.477 e. The van der Waals surface area contributed by atoms with E-state index < -0.39 is 16.0 Å². The summed E-state index contributed by atoms with van der Waals surface area (Å²) in [5.74, 6) is -1.14. The Morgan fingerprint density at radius 2 is 1.95 bits per heavy atom. The van der Waals surface area contributed by atoms with Crippen molar-refractivity contribution in [2.24, 2.45) is 5.41 Å². The number of carboxylic acids is 1. The van der Waals surface area contributed by atoms with Crippen molar-refractivity contribution in [3.8, 4) is 0 Å². The predicted molar refractivity (Wildman–Crippen MR) is 79.0 cm³/mol. The molecule has 118 valence electrons. The van der Waals surface area contributed by atoms with E-state index in [0.717, 1.165) is 12.8 Å². The Kier molecular flexibility index (Phi) is 3.92. The summed E-state index contributed by atoms with van der Waals surface area (Å²) in [6.07, 6.45) is 1.81. The first kappa shape index (κ1) is 16.0. The summed E-state index contributed by atoms with van der Waals surface area (Å²) in [6, 6.07) is 0. The van der Waals surface area contributed by atoms with E-state index in [1.54, 1.807) is 6.92 Å². The number of aromatic carboxylic acids is 1. The highest BCUT2D eigenvalue weighted by Crippen LogP contribution is 2.34. The van der Waals surface area contributed by atoms with Crippen LogP contribution in [0.4, 0.5) is 0 Å². The monoisotopic (exact) mass is 314 g/mol. The minimum absolute atomic E-state index is 0.0534. The van der Waals surface area contributed by atoms with E-state index in [9.17, 15) is 13.2 Å². The first-order valence-electron chi connectivity index (χ1n) is 6.99. The molecule has 21 heavy (non-hydrogen) atoms. The van der Waals surface area contributed by atoms with E-state index in [4.69, 9.17) is 5.11 Å². The number of carboxylic acid groups (broad SMARTS) is 1. The molecule has 2 heterocycles. The third kappa shape index (κ3) is 2.85. The molecule has 1 saturated heterocycles. The van der Waals surface area contributed by atoms with Crippen molar-refractivity contribution in [1.82, 2.24) is 9.29 Å². The van der Waals surface area contributed by atoms with Gasteiger partial charge in [-0.2, -0.15) is 4.31 Å². The number of rotatable bonds is 3. The van der Waals surface area contributed by atoms with E-state index in [2.05, 4.69) is 4.98 Å². The van der Waals surface area contributed by atoms with Gasteiger partial charge < -0.3 is 10.1 Å². The van der Waals surface area contributed by atoms with E-state index in [1.165, 1.54) is 11.2 Å². The lowest BCUT2D eigenvalue weighted by atomic mass is 9.85. The lowest BCUT2D eigenvalue weighted by Gasteiger charge is -2.37. The predicted octanol–water partition coefficient (Wildman–Crippen LogP) is 2.14. The second kappa shape index (κ2) is 5.14. The van der Waals surface area contributed by atoms with Crippen LogP contribution < -0.4 is 0 Å². The summed E-state index contributed by atoms with van der Waals surface area (Å²) in [5.41, 5.74) is 0.554. The highest BCUT2D eigenvalue weighted by Gasteiger charge is 2.37. The quantitative estimate of drug-likeness (QED) is 0.894. The van der Waals surface area contributed by atoms with Gasteiger partial charge in [0.1, 0.15) is 10.6 Å². The molecule has 1 fully saturated rings. The molecule has 6 nitrogen and oxygen atoms in total. The first-order chi connectivity index (χ1) is 9.56. The fourth-order valence-electron chi connectivity index (χ4n) is 3.04. The van der Waals surface area contributed by atoms with Gasteiger partial charge in [0.2, 0.25) is 10.0 Å². The first-order valence-corrected chi connectivity index (χ1v) is 8.43. The molecular formula is C14H22N2O4S. The maximum absolute atomic E-state index is 12.9. The van der Waals surface area contributed by atoms with Crippen molar-refractivity contribution < 1.29 is 18.3 Å². The third-order valence-corrected chi connectivity index (χ3v) is 6.17. The van der Waals surface area contributed by atoms with Gasteiger partial charge in [0.15, 0.2) is 0 Å². The maximum atomic E-state index is 12.9. The van der Waals surface area contributed by atoms with Gasteiger partial charge in [-0.3, -0.25) is 0 Å². The Morgan fingerprint density at radius 1 is 1.33 bits per heavy atom. The van der Waals surface area contributed by atoms with Crippen LogP contribution in [0.5, 0.6) is 0 Å². The lowest BCUT2D eigenvalue weighted by Crippen LogP contribution is -2.43. The molecule has 2 rings (SSSR count). The third-order valence-electron chi connectivity index (χ3n) is 4.05. The van der Waals surface area contributed by atoms with Crippen molar-refractivity contribution >= 4 is 16.0 Å². The van der Waals surface area contributed by atoms with Crippen molar-refractivity contribution in [3.63, 3.8) is 0 Å². The van der Waals surface area contributed by atoms with Crippen LogP contribution >= 0.6 is 0 Å². The summed E-state index contributed by atoms with van der Waals surface area (Å²) in [5, 5.41) is 9.12. The van der Waals surface area contributed by atoms with Crippen LogP contribution in [0.15, 0.2) is 4.90 Å². The molecule has 0 bridgehead atoms. The molecule has 0 saturated carbocycles. The smallest absolute Gasteiger partial charge is 0.352 e. The molecule has 1 aliphatic heterocycles. The number of nitrogens with zero attached hydrogens (tertiary/aromatic N) is 1. The number of piperidine rings is 1. The number of aryl methyl sites for hydroxylation is 1. The van der Waals surface area contributed by atoms with Crippen LogP contribution in [-0.2, 0) is 10.0 Å². The SMILES string of the molecule is Cc1[nH]c(C(=O)O)c(C)c1S(=O)(=O)N1CCCC(C)(C)C1. The van der Waals surface area contributed by atoms with Crippen LogP contribution in [0, 0.1) is 19.3 Å². The van der Waals surface area contributed by atoms with Gasteiger partial charge in [0.05, 0.1) is 0 Å². The molecule has 0 atom stereocenters. The molecule has 1 aromatic heterocycles. The van der Waals surface area contributed by atoms with Gasteiger partial charge in [-0.25, -0.2) is 13.2 Å². The van der Waals surface area contributed by atoms with Crippen molar-refractivity contribution in [2.75, 3.05) is 13.1 Å². The van der Waals surface area contributed by atoms with Crippen LogP contribution in [0.3, 0.4) is 0 Å². The lowest BCUT2D eigenvalue weighted by molar-refractivity contribution is 0.0690. The number of H-pyrrole nitrogens is 1. The van der Waals surface area contributed by atoms with Crippen LogP contribution in [0.2, 0.25) is 0 Å². The fraction of sp³-hybridized carbons (Fsp3) is 0.643. The molecule has 0 radical (unpaired) electrons. The average molecular weight is 314 g/mol. The van der Waals surface area contributed by atoms with Gasteiger partial charge in [0, 0.05) is 24.3 Å². The Bertz CT molecular complexity index is 673. The Balaban J connectivity index is 2.48. The number of sulfonamides is 1. The standard InChI is InChI=1S/C14H22N2O4S/c1-9-11(13(17)18)15-10(2)12(9)21(19,20)16-7-5-6-14(3,4)8-16/h15H,5-8H2,1-4H3,(H,17,18). The molecule has 7 heteroatoms. The average Bonchev–Trinajstić information content (AvgIpc) is 2.64. The summed E-state index contributed by atoms with van der Waals surface area (Å²) >= 11 is 0. The van der Waals surface area contributed by atoms with Crippen LogP contribution in [0.1, 0.15) is 48.4 Å². The van der Waals surface area contributed by atoms with Crippen molar-refractivity contribution in [1.29, 1.82) is 0 Å². The number of hydrogen-bond acceptors (Lipinski definition) is 3. The molecule has 1 aromatic rings. The molecular weight excluding hydrogens is 292 g/mol. The molecule has 0 amide bonds. The summed E-state index contributed by atoms with van der Waals surface area (Å²) in [7, 11) is -3.67. The van der Waals surface area contributed by atoms with Gasteiger partial charge in [-0.1, -0.05) is 13.8 Å². The second-order valence-corrected chi connectivity index (χ2v) is 8.37. The normalized spacial score (nSPS) is 19.6. The van der Waals surface area contributed by atoms with E-state index >= 15 is 0 Å². The minimum Gasteiger partial charge on any atom is -0.477 e. The van der Waals surface area contributed by atoms with Crippen molar-refractivity contribution in [2.45, 2.75) is 45.4 Å². The molecule has 0 aliphatic carbocycles. The summed E-state index contributed by atoms with van der Waals surface area (Å²) < 4.78 is 27.2. The number of nitrogens with one attached hydrogen (secondary N) is 1. The van der Waals surface area contributed by atoms with E-state index in [1.807, 2.05) is 13.8 Å². The topological polar surface area (TPSA) is 90.5 Å². The van der Waals surface area contributed by atoms with Gasteiger partial charge in [0.25, 0.3) is 0 Å². The van der Waals surface area contributed by atoms with E-state index in [-0.39, 0.29) is 21.6 Å². The highest BCUT2D eigenvalue weighted by atomic mass is 32.2. The number of aromatic amines is 1. The van der Waals surface area contributed by atoms with E-state index in [0.29, 0.717) is 18.8 Å². The zero-order valence-corrected chi connectivity index (χ0v) is 13.7. The minimum atomic E-state index is -3.67. The second-order valence-electron chi connectivity index (χ2n) is 6.49. The zero-order chi connectivity index (χ0) is 16.0. The van der Waals surface area contributed by atoms with Gasteiger partial charge >= 0.3 is 5.97 Å². The maximum Gasteiger partial charge on any atom is 0.352 e. The highest BCUT2D eigenvalue weighted by molar-refractivity contribution is 7.89. The van der Waals surface area contributed by atoms with Gasteiger partial charge in [-0.05, 0) is 32.1 Å². The van der Waals surface area contributed by atoms with Crippen LogP contribution in [-0.4, -0.2) is 41.9 Å². The summed E-state index contributed by atoms with van der Waals surface area (Å²) in [6.45, 7) is 8.18. The van der Waals surface area contributed by atoms with Crippen LogP contribution in [0.25, 0.3) is 0 Å². The molecule has 0 aromatic carbocycles. The molecule has 0 spiro atoms.